The van der Waals surface area contributed by atoms with Crippen molar-refractivity contribution in [3.05, 3.63) is 24.3 Å². The normalized spacial score (nSPS) is 16.2. The summed E-state index contributed by atoms with van der Waals surface area (Å²) in [5.74, 6) is 1.55. The van der Waals surface area contributed by atoms with Gasteiger partial charge in [0.05, 0.1) is 0 Å². The van der Waals surface area contributed by atoms with E-state index < -0.39 is 0 Å². The molecule has 0 aliphatic carbocycles. The molecule has 2 aromatic rings. The first-order valence-corrected chi connectivity index (χ1v) is 8.16. The van der Waals surface area contributed by atoms with Crippen molar-refractivity contribution in [2.45, 2.75) is 38.1 Å². The fraction of sp³-hybridized carbons (Fsp3) is 0.400. The highest BCUT2D eigenvalue weighted by Gasteiger charge is 2.22. The molecule has 2 heterocycles. The molecule has 110 valence electrons. The van der Waals surface area contributed by atoms with Crippen LogP contribution in [0.2, 0.25) is 0 Å². The molecular weight excluding hydrogens is 284 g/mol. The molecule has 1 unspecified atom stereocenters. The van der Waals surface area contributed by atoms with Gasteiger partial charge in [0.25, 0.3) is 0 Å². The summed E-state index contributed by atoms with van der Waals surface area (Å²) in [6, 6.07) is 7.98. The van der Waals surface area contributed by atoms with Gasteiger partial charge in [-0.2, -0.15) is 4.98 Å². The first kappa shape index (κ1) is 14.1. The Kier molecular flexibility index (Phi) is 4.24. The summed E-state index contributed by atoms with van der Waals surface area (Å²) in [7, 11) is 0. The van der Waals surface area contributed by atoms with Crippen molar-refractivity contribution in [1.29, 1.82) is 0 Å². The van der Waals surface area contributed by atoms with Crippen LogP contribution in [-0.4, -0.2) is 27.2 Å². The maximum atomic E-state index is 5.85. The summed E-state index contributed by atoms with van der Waals surface area (Å²) in [6.07, 6.45) is 2.15. The van der Waals surface area contributed by atoms with Crippen LogP contribution in [0.1, 0.15) is 26.7 Å². The van der Waals surface area contributed by atoms with E-state index in [2.05, 4.69) is 27.4 Å². The van der Waals surface area contributed by atoms with Crippen molar-refractivity contribution in [2.75, 3.05) is 11.1 Å². The lowest BCUT2D eigenvalue weighted by Gasteiger charge is -2.13. The molecule has 5 nitrogen and oxygen atoms in total. The van der Waals surface area contributed by atoms with E-state index in [9.17, 15) is 0 Å². The molecule has 3 rings (SSSR count). The van der Waals surface area contributed by atoms with Crippen molar-refractivity contribution in [2.24, 2.45) is 0 Å². The fourth-order valence-corrected chi connectivity index (χ4v) is 3.01. The Morgan fingerprint density at radius 2 is 2.14 bits per heavy atom. The summed E-state index contributed by atoms with van der Waals surface area (Å²) in [4.78, 5) is 4.52. The Balaban J connectivity index is 1.95. The second kappa shape index (κ2) is 6.30. The molecule has 0 saturated heterocycles. The third kappa shape index (κ3) is 3.10. The Labute approximate surface area is 128 Å². The van der Waals surface area contributed by atoms with E-state index in [-0.39, 0.29) is 6.23 Å². The predicted molar refractivity (Wildman–Crippen MR) is 84.6 cm³/mol. The quantitative estimate of drug-likeness (QED) is 0.688. The van der Waals surface area contributed by atoms with Crippen LogP contribution < -0.4 is 10.1 Å². The number of unbranched alkanes of at least 4 members (excludes halogenated alkanes) is 1. The Hall–Kier alpha value is -1.82. The number of hydrogen-bond donors (Lipinski definition) is 1. The lowest BCUT2D eigenvalue weighted by Crippen LogP contribution is -2.21. The molecule has 0 spiro atoms. The predicted octanol–water partition coefficient (Wildman–Crippen LogP) is 3.58. The van der Waals surface area contributed by atoms with E-state index in [0.717, 1.165) is 29.8 Å². The number of anilines is 1. The first-order valence-electron chi connectivity index (χ1n) is 7.18. The van der Waals surface area contributed by atoms with Gasteiger partial charge in [0.1, 0.15) is 0 Å². The van der Waals surface area contributed by atoms with Gasteiger partial charge in [-0.15, -0.1) is 10.2 Å². The monoisotopic (exact) mass is 302 g/mol. The van der Waals surface area contributed by atoms with Gasteiger partial charge in [0.2, 0.25) is 11.0 Å². The van der Waals surface area contributed by atoms with E-state index in [0.29, 0.717) is 16.7 Å². The Bertz CT molecular complexity index is 635. The number of hydrogen-bond acceptors (Lipinski definition) is 6. The highest BCUT2D eigenvalue weighted by Crippen LogP contribution is 2.35. The second-order valence-electron chi connectivity index (χ2n) is 4.90. The fourth-order valence-electron chi connectivity index (χ4n) is 2.15. The minimum atomic E-state index is -0.155. The van der Waals surface area contributed by atoms with E-state index in [1.54, 1.807) is 11.8 Å². The number of thioether (sulfide) groups is 1. The third-order valence-electron chi connectivity index (χ3n) is 3.19. The van der Waals surface area contributed by atoms with Crippen LogP contribution in [0.15, 0.2) is 29.4 Å². The Morgan fingerprint density at radius 3 is 3.00 bits per heavy atom. The largest absolute Gasteiger partial charge is 0.452 e. The number of rotatable bonds is 4. The zero-order valence-corrected chi connectivity index (χ0v) is 13.0. The van der Waals surface area contributed by atoms with Gasteiger partial charge in [0.15, 0.2) is 11.9 Å². The van der Waals surface area contributed by atoms with Gasteiger partial charge in [-0.1, -0.05) is 43.3 Å². The minimum absolute atomic E-state index is 0.155. The first-order chi connectivity index (χ1) is 10.3. The SMILES string of the molecule is CCCCSc1nnc2c(n1)OC(C)Nc1ccccc1-2. The van der Waals surface area contributed by atoms with Crippen LogP contribution in [0.25, 0.3) is 11.3 Å². The van der Waals surface area contributed by atoms with Crippen molar-refractivity contribution < 1.29 is 4.74 Å². The summed E-state index contributed by atoms with van der Waals surface area (Å²) >= 11 is 1.62. The molecule has 0 radical (unpaired) electrons. The molecule has 1 aliphatic heterocycles. The summed E-state index contributed by atoms with van der Waals surface area (Å²) < 4.78 is 5.85. The maximum Gasteiger partial charge on any atom is 0.247 e. The molecular formula is C15H18N4OS. The zero-order valence-electron chi connectivity index (χ0n) is 12.2. The number of nitrogens with one attached hydrogen (secondary N) is 1. The maximum absolute atomic E-state index is 5.85. The van der Waals surface area contributed by atoms with Crippen molar-refractivity contribution >= 4 is 17.4 Å². The molecule has 1 aromatic heterocycles. The van der Waals surface area contributed by atoms with Crippen molar-refractivity contribution in [1.82, 2.24) is 15.2 Å². The number of ether oxygens (including phenoxy) is 1. The van der Waals surface area contributed by atoms with E-state index in [4.69, 9.17) is 4.74 Å². The average Bonchev–Trinajstić information content (AvgIpc) is 2.62. The van der Waals surface area contributed by atoms with E-state index in [1.807, 2.05) is 31.2 Å². The van der Waals surface area contributed by atoms with Gasteiger partial charge in [-0.3, -0.25) is 0 Å². The molecule has 0 fully saturated rings. The van der Waals surface area contributed by atoms with Crippen LogP contribution in [0, 0.1) is 0 Å². The molecule has 1 N–H and O–H groups in total. The summed E-state index contributed by atoms with van der Waals surface area (Å²) in [5, 5.41) is 12.5. The van der Waals surface area contributed by atoms with Gasteiger partial charge in [-0.25, -0.2) is 0 Å². The molecule has 1 atom stereocenters. The molecule has 6 heteroatoms. The van der Waals surface area contributed by atoms with Gasteiger partial charge < -0.3 is 10.1 Å². The molecule has 1 aliphatic rings. The van der Waals surface area contributed by atoms with E-state index >= 15 is 0 Å². The highest BCUT2D eigenvalue weighted by molar-refractivity contribution is 7.99. The van der Waals surface area contributed by atoms with Crippen LogP contribution in [0.5, 0.6) is 5.88 Å². The van der Waals surface area contributed by atoms with Crippen LogP contribution in [-0.2, 0) is 0 Å². The van der Waals surface area contributed by atoms with Crippen molar-refractivity contribution in [3.63, 3.8) is 0 Å². The molecule has 0 amide bonds. The number of nitrogens with zero attached hydrogens (tertiary/aromatic N) is 3. The third-order valence-corrected chi connectivity index (χ3v) is 4.12. The number of benzene rings is 1. The van der Waals surface area contributed by atoms with Crippen molar-refractivity contribution in [3.8, 4) is 17.1 Å². The second-order valence-corrected chi connectivity index (χ2v) is 5.96. The molecule has 0 bridgehead atoms. The van der Waals surface area contributed by atoms with Gasteiger partial charge >= 0.3 is 0 Å². The molecule has 0 saturated carbocycles. The minimum Gasteiger partial charge on any atom is -0.452 e. The zero-order chi connectivity index (χ0) is 14.7. The molecule has 1 aromatic carbocycles. The summed E-state index contributed by atoms with van der Waals surface area (Å²) in [5.41, 5.74) is 2.66. The van der Waals surface area contributed by atoms with Gasteiger partial charge in [-0.05, 0) is 19.4 Å². The Morgan fingerprint density at radius 1 is 1.29 bits per heavy atom. The number of fused-ring (bicyclic) bond motifs is 3. The van der Waals surface area contributed by atoms with Gasteiger partial charge in [0, 0.05) is 17.0 Å². The topological polar surface area (TPSA) is 59.9 Å². The molecule has 21 heavy (non-hydrogen) atoms. The standard InChI is InChI=1S/C15H18N4OS/c1-3-4-9-21-15-17-14-13(18-19-15)11-7-5-6-8-12(11)16-10(2)20-14/h5-8,10,16H,3-4,9H2,1-2H3. The lowest BCUT2D eigenvalue weighted by molar-refractivity contribution is 0.240. The smallest absolute Gasteiger partial charge is 0.247 e. The number of aromatic nitrogens is 3. The van der Waals surface area contributed by atoms with Crippen LogP contribution in [0.4, 0.5) is 5.69 Å². The number of para-hydroxylation sites is 1. The average molecular weight is 302 g/mol. The highest BCUT2D eigenvalue weighted by atomic mass is 32.2. The lowest BCUT2D eigenvalue weighted by atomic mass is 10.1. The summed E-state index contributed by atoms with van der Waals surface area (Å²) in [6.45, 7) is 4.13. The van der Waals surface area contributed by atoms with Crippen LogP contribution >= 0.6 is 11.8 Å². The van der Waals surface area contributed by atoms with E-state index in [1.165, 1.54) is 0 Å². The van der Waals surface area contributed by atoms with Crippen LogP contribution in [0.3, 0.4) is 0 Å².